The van der Waals surface area contributed by atoms with Gasteiger partial charge in [-0.15, -0.1) is 0 Å². The highest BCUT2D eigenvalue weighted by atomic mass is 35.5. The van der Waals surface area contributed by atoms with Crippen LogP contribution < -0.4 is 10.1 Å². The Morgan fingerprint density at radius 1 is 1.16 bits per heavy atom. The zero-order chi connectivity index (χ0) is 13.8. The molecule has 0 saturated heterocycles. The topological polar surface area (TPSA) is 47.0 Å². The van der Waals surface area contributed by atoms with Crippen molar-refractivity contribution in [2.75, 3.05) is 12.4 Å². The van der Waals surface area contributed by atoms with Crippen LogP contribution in [-0.4, -0.2) is 17.0 Å². The first-order valence-electron chi connectivity index (χ1n) is 5.68. The highest BCUT2D eigenvalue weighted by molar-refractivity contribution is 6.42. The van der Waals surface area contributed by atoms with E-state index in [-0.39, 0.29) is 6.61 Å². The molecule has 1 N–H and O–H groups in total. The molecule has 0 fully saturated rings. The molecule has 0 aliphatic heterocycles. The number of aromatic nitrogens is 2. The second kappa shape index (κ2) is 6.08. The van der Waals surface area contributed by atoms with Crippen molar-refractivity contribution in [3.63, 3.8) is 0 Å². The summed E-state index contributed by atoms with van der Waals surface area (Å²) in [6.07, 6.45) is 0. The average Bonchev–Trinajstić information content (AvgIpc) is 2.39. The molecular formula is C13H13Cl2N3O. The van der Waals surface area contributed by atoms with Crippen LogP contribution in [0.5, 0.6) is 5.75 Å². The summed E-state index contributed by atoms with van der Waals surface area (Å²) in [5.74, 6) is 2.00. The highest BCUT2D eigenvalue weighted by Gasteiger charge is 2.04. The van der Waals surface area contributed by atoms with Crippen LogP contribution >= 0.6 is 23.2 Å². The van der Waals surface area contributed by atoms with Crippen LogP contribution in [0.2, 0.25) is 10.0 Å². The van der Waals surface area contributed by atoms with Gasteiger partial charge in [-0.3, -0.25) is 0 Å². The lowest BCUT2D eigenvalue weighted by Crippen LogP contribution is -2.05. The molecule has 0 spiro atoms. The maximum Gasteiger partial charge on any atom is 0.168 e. The number of benzene rings is 1. The van der Waals surface area contributed by atoms with Gasteiger partial charge in [0.25, 0.3) is 0 Å². The van der Waals surface area contributed by atoms with Gasteiger partial charge in [0.1, 0.15) is 18.2 Å². The first kappa shape index (κ1) is 13.9. The summed E-state index contributed by atoms with van der Waals surface area (Å²) in [7, 11) is 1.81. The number of aryl methyl sites for hydroxylation is 1. The number of ether oxygens (including phenoxy) is 1. The minimum atomic E-state index is 0.272. The summed E-state index contributed by atoms with van der Waals surface area (Å²) in [5.41, 5.74) is 0.882. The molecule has 0 radical (unpaired) electrons. The van der Waals surface area contributed by atoms with E-state index in [9.17, 15) is 0 Å². The van der Waals surface area contributed by atoms with Crippen molar-refractivity contribution in [2.24, 2.45) is 0 Å². The van der Waals surface area contributed by atoms with Crippen LogP contribution in [0.25, 0.3) is 0 Å². The predicted octanol–water partition coefficient (Wildman–Crippen LogP) is 3.71. The molecule has 0 aliphatic rings. The van der Waals surface area contributed by atoms with Gasteiger partial charge in [0.15, 0.2) is 5.82 Å². The largest absolute Gasteiger partial charge is 0.486 e. The quantitative estimate of drug-likeness (QED) is 0.934. The van der Waals surface area contributed by atoms with Crippen LogP contribution in [0.3, 0.4) is 0 Å². The van der Waals surface area contributed by atoms with E-state index in [1.807, 2.05) is 20.0 Å². The molecule has 1 aromatic heterocycles. The summed E-state index contributed by atoms with van der Waals surface area (Å²) in [6.45, 7) is 2.18. The number of halogens is 2. The van der Waals surface area contributed by atoms with Crippen molar-refractivity contribution in [3.05, 3.63) is 45.8 Å². The second-order valence-corrected chi connectivity index (χ2v) is 4.74. The Morgan fingerprint density at radius 2 is 1.95 bits per heavy atom. The fraction of sp³-hybridized carbons (Fsp3) is 0.231. The van der Waals surface area contributed by atoms with Gasteiger partial charge in [-0.1, -0.05) is 23.2 Å². The summed E-state index contributed by atoms with van der Waals surface area (Å²) >= 11 is 11.8. The van der Waals surface area contributed by atoms with E-state index in [1.54, 1.807) is 18.2 Å². The van der Waals surface area contributed by atoms with Gasteiger partial charge < -0.3 is 10.1 Å². The molecule has 0 unspecified atom stereocenters. The molecule has 100 valence electrons. The maximum atomic E-state index is 5.92. The third kappa shape index (κ3) is 3.72. The van der Waals surface area contributed by atoms with Crippen molar-refractivity contribution in [1.29, 1.82) is 0 Å². The fourth-order valence-corrected chi connectivity index (χ4v) is 1.83. The number of hydrogen-bond acceptors (Lipinski definition) is 4. The Bertz CT molecular complexity index is 590. The first-order valence-corrected chi connectivity index (χ1v) is 6.44. The molecule has 2 rings (SSSR count). The van der Waals surface area contributed by atoms with E-state index in [1.165, 1.54) is 0 Å². The number of nitrogens with one attached hydrogen (secondary N) is 1. The number of rotatable bonds is 4. The van der Waals surface area contributed by atoms with Gasteiger partial charge in [-0.2, -0.15) is 0 Å². The zero-order valence-electron chi connectivity index (χ0n) is 10.6. The van der Waals surface area contributed by atoms with E-state index in [4.69, 9.17) is 27.9 Å². The number of anilines is 1. The van der Waals surface area contributed by atoms with Crippen molar-refractivity contribution in [3.8, 4) is 5.75 Å². The molecule has 0 aliphatic carbocycles. The Morgan fingerprint density at radius 3 is 2.63 bits per heavy atom. The zero-order valence-corrected chi connectivity index (χ0v) is 12.1. The van der Waals surface area contributed by atoms with E-state index in [2.05, 4.69) is 15.3 Å². The highest BCUT2D eigenvalue weighted by Crippen LogP contribution is 2.26. The van der Waals surface area contributed by atoms with Gasteiger partial charge in [-0.25, -0.2) is 9.97 Å². The van der Waals surface area contributed by atoms with Crippen LogP contribution in [0.1, 0.15) is 11.5 Å². The van der Waals surface area contributed by atoms with Gasteiger partial charge in [0.2, 0.25) is 0 Å². The molecule has 0 saturated carbocycles. The van der Waals surface area contributed by atoms with Gasteiger partial charge >= 0.3 is 0 Å². The molecule has 0 atom stereocenters. The van der Waals surface area contributed by atoms with E-state index < -0.39 is 0 Å². The van der Waals surface area contributed by atoms with Crippen molar-refractivity contribution in [1.82, 2.24) is 9.97 Å². The molecule has 1 aromatic carbocycles. The molecule has 0 bridgehead atoms. The Labute approximate surface area is 121 Å². The van der Waals surface area contributed by atoms with Crippen LogP contribution in [0.15, 0.2) is 24.3 Å². The molecule has 19 heavy (non-hydrogen) atoms. The van der Waals surface area contributed by atoms with Crippen molar-refractivity contribution >= 4 is 29.0 Å². The molecule has 2 aromatic rings. The van der Waals surface area contributed by atoms with Gasteiger partial charge in [-0.05, 0) is 19.1 Å². The van der Waals surface area contributed by atoms with Crippen LogP contribution in [-0.2, 0) is 6.61 Å². The summed E-state index contributed by atoms with van der Waals surface area (Å²) in [4.78, 5) is 8.60. The molecule has 4 nitrogen and oxygen atoms in total. The van der Waals surface area contributed by atoms with E-state index >= 15 is 0 Å². The van der Waals surface area contributed by atoms with Crippen LogP contribution in [0.4, 0.5) is 5.82 Å². The summed E-state index contributed by atoms with van der Waals surface area (Å²) < 4.78 is 5.59. The lowest BCUT2D eigenvalue weighted by molar-refractivity contribution is 0.295. The summed E-state index contributed by atoms with van der Waals surface area (Å²) in [6, 6.07) is 6.97. The first-order chi connectivity index (χ1) is 9.08. The molecule has 1 heterocycles. The third-order valence-corrected chi connectivity index (χ3v) is 3.15. The molecule has 6 heteroatoms. The standard InChI is InChI=1S/C13H13Cl2N3O/c1-8-5-12(16-2)18-13(17-8)7-19-9-3-4-10(14)11(15)6-9/h3-6H,7H2,1-2H3,(H,16,17,18). The Hall–Kier alpha value is -1.52. The van der Waals surface area contributed by atoms with Crippen molar-refractivity contribution < 1.29 is 4.74 Å². The Kier molecular flexibility index (Phi) is 4.45. The van der Waals surface area contributed by atoms with E-state index in [0.717, 1.165) is 11.5 Å². The third-order valence-electron chi connectivity index (χ3n) is 2.42. The minimum absolute atomic E-state index is 0.272. The maximum absolute atomic E-state index is 5.92. The normalized spacial score (nSPS) is 10.3. The van der Waals surface area contributed by atoms with Gasteiger partial charge in [0.05, 0.1) is 10.0 Å². The lowest BCUT2D eigenvalue weighted by atomic mass is 10.3. The predicted molar refractivity (Wildman–Crippen MR) is 77.1 cm³/mol. The SMILES string of the molecule is CNc1cc(C)nc(COc2ccc(Cl)c(Cl)c2)n1. The number of hydrogen-bond donors (Lipinski definition) is 1. The van der Waals surface area contributed by atoms with Gasteiger partial charge in [0, 0.05) is 24.9 Å². The average molecular weight is 298 g/mol. The van der Waals surface area contributed by atoms with Crippen molar-refractivity contribution in [2.45, 2.75) is 13.5 Å². The lowest BCUT2D eigenvalue weighted by Gasteiger charge is -2.08. The van der Waals surface area contributed by atoms with Crippen LogP contribution in [0, 0.1) is 6.92 Å². The molecule has 0 amide bonds. The smallest absolute Gasteiger partial charge is 0.168 e. The second-order valence-electron chi connectivity index (χ2n) is 3.93. The molecular weight excluding hydrogens is 285 g/mol. The number of nitrogens with zero attached hydrogens (tertiary/aromatic N) is 2. The fourth-order valence-electron chi connectivity index (χ4n) is 1.54. The Balaban J connectivity index is 2.09. The monoisotopic (exact) mass is 297 g/mol. The summed E-state index contributed by atoms with van der Waals surface area (Å²) in [5, 5.41) is 3.93. The van der Waals surface area contributed by atoms with E-state index in [0.29, 0.717) is 21.6 Å². The minimum Gasteiger partial charge on any atom is -0.486 e.